The van der Waals surface area contributed by atoms with Crippen LogP contribution in [-0.4, -0.2) is 60.8 Å². The molecule has 2 heterocycles. The van der Waals surface area contributed by atoms with Crippen molar-refractivity contribution in [3.8, 4) is 11.5 Å². The van der Waals surface area contributed by atoms with E-state index in [0.29, 0.717) is 18.9 Å². The Labute approximate surface area is 251 Å². The Morgan fingerprint density at radius 2 is 1.56 bits per heavy atom. The zero-order valence-electron chi connectivity index (χ0n) is 24.4. The molecule has 0 spiro atoms. The molecule has 0 unspecified atom stereocenters. The van der Waals surface area contributed by atoms with Crippen LogP contribution >= 0.6 is 0 Å². The maximum Gasteiger partial charge on any atom is 0.351 e. The molecule has 1 saturated heterocycles. The van der Waals surface area contributed by atoms with Gasteiger partial charge in [0.15, 0.2) is 0 Å². The van der Waals surface area contributed by atoms with Crippen LogP contribution < -0.4 is 26.2 Å². The van der Waals surface area contributed by atoms with E-state index < -0.39 is 29.7 Å². The van der Waals surface area contributed by atoms with Gasteiger partial charge in [-0.15, -0.1) is 0 Å². The molecule has 5 rings (SSSR count). The van der Waals surface area contributed by atoms with Gasteiger partial charge in [-0.2, -0.15) is 4.98 Å². The van der Waals surface area contributed by atoms with Crippen molar-refractivity contribution in [1.82, 2.24) is 9.55 Å². The van der Waals surface area contributed by atoms with Crippen molar-refractivity contribution in [2.75, 3.05) is 39.2 Å². The monoisotopic (exact) mass is 586 g/mol. The molecule has 1 aromatic heterocycles. The first kappa shape index (κ1) is 30.2. The van der Waals surface area contributed by atoms with E-state index in [1.54, 1.807) is 26.5 Å². The highest BCUT2D eigenvalue weighted by Crippen LogP contribution is 2.42. The van der Waals surface area contributed by atoms with Gasteiger partial charge in [0.2, 0.25) is 0 Å². The van der Waals surface area contributed by atoms with Gasteiger partial charge < -0.3 is 35.1 Å². The van der Waals surface area contributed by atoms with Crippen LogP contribution in [0.1, 0.15) is 35.8 Å². The molecule has 10 heteroatoms. The number of ether oxygens (including phenoxy) is 4. The largest absolute Gasteiger partial charge is 0.497 e. The smallest absolute Gasteiger partial charge is 0.351 e. The number of nitrogens with one attached hydrogen (secondary N) is 1. The van der Waals surface area contributed by atoms with Gasteiger partial charge in [0.05, 0.1) is 26.9 Å². The summed E-state index contributed by atoms with van der Waals surface area (Å²) in [5.74, 6) is 1.91. The zero-order valence-corrected chi connectivity index (χ0v) is 24.4. The maximum absolute atomic E-state index is 12.8. The molecule has 10 nitrogen and oxygen atoms in total. The molecule has 3 atom stereocenters. The molecule has 0 saturated carbocycles. The van der Waals surface area contributed by atoms with Crippen molar-refractivity contribution < 1.29 is 24.1 Å². The molecular weight excluding hydrogens is 548 g/mol. The van der Waals surface area contributed by atoms with E-state index >= 15 is 0 Å². The Kier molecular flexibility index (Phi) is 9.73. The minimum atomic E-state index is -1.06. The van der Waals surface area contributed by atoms with E-state index in [-0.39, 0.29) is 13.0 Å². The van der Waals surface area contributed by atoms with Crippen LogP contribution in [0.4, 0.5) is 5.82 Å². The van der Waals surface area contributed by atoms with Crippen LogP contribution in [-0.2, 0) is 15.1 Å². The number of nitrogens with zero attached hydrogens (tertiary/aromatic N) is 2. The van der Waals surface area contributed by atoms with Gasteiger partial charge in [0.1, 0.15) is 35.2 Å². The molecule has 1 aliphatic heterocycles. The normalized spacial score (nSPS) is 18.4. The number of rotatable bonds is 13. The van der Waals surface area contributed by atoms with Crippen molar-refractivity contribution in [2.24, 2.45) is 5.73 Å². The lowest BCUT2D eigenvalue weighted by Crippen LogP contribution is -2.38. The van der Waals surface area contributed by atoms with Crippen LogP contribution in [0.3, 0.4) is 0 Å². The molecule has 0 amide bonds. The standard InChI is InChI=1S/C33H38N4O6/c1-40-26-13-9-24(10-14-26)33(23-7-4-3-5-8-23,25-11-15-27(41-2)16-12-25)42-22-29-28(38)21-31(43-29)37-20-17-30(36-32(37)39)35-19-6-18-34/h3-5,7-17,20,28-29,31,38H,6,18-19,21-22,34H2,1-2H3,(H,35,36,39)/t28-,29+,31+/m0/s1. The minimum absolute atomic E-state index is 0.0471. The zero-order chi connectivity index (χ0) is 30.2. The second kappa shape index (κ2) is 13.8. The Morgan fingerprint density at radius 3 is 2.12 bits per heavy atom. The van der Waals surface area contributed by atoms with E-state index in [0.717, 1.165) is 34.6 Å². The number of methoxy groups -OCH3 is 2. The summed E-state index contributed by atoms with van der Waals surface area (Å²) in [4.78, 5) is 16.9. The van der Waals surface area contributed by atoms with Gasteiger partial charge in [-0.25, -0.2) is 4.79 Å². The fourth-order valence-corrected chi connectivity index (χ4v) is 5.37. The van der Waals surface area contributed by atoms with Crippen molar-refractivity contribution in [3.63, 3.8) is 0 Å². The first-order valence-corrected chi connectivity index (χ1v) is 14.3. The molecule has 4 aromatic rings. The van der Waals surface area contributed by atoms with Crippen molar-refractivity contribution in [1.29, 1.82) is 0 Å². The molecule has 1 fully saturated rings. The summed E-state index contributed by atoms with van der Waals surface area (Å²) in [7, 11) is 3.25. The highest BCUT2D eigenvalue weighted by atomic mass is 16.6. The third-order valence-corrected chi connectivity index (χ3v) is 7.67. The molecule has 43 heavy (non-hydrogen) atoms. The van der Waals surface area contributed by atoms with Gasteiger partial charge in [-0.1, -0.05) is 54.6 Å². The predicted molar refractivity (Wildman–Crippen MR) is 163 cm³/mol. The van der Waals surface area contributed by atoms with E-state index in [1.807, 2.05) is 78.9 Å². The average molecular weight is 587 g/mol. The van der Waals surface area contributed by atoms with Crippen LogP contribution in [0.15, 0.2) is 95.9 Å². The fourth-order valence-electron chi connectivity index (χ4n) is 5.37. The number of benzene rings is 3. The third-order valence-electron chi connectivity index (χ3n) is 7.67. The van der Waals surface area contributed by atoms with Gasteiger partial charge in [-0.05, 0) is 60.0 Å². The number of hydrogen-bond donors (Lipinski definition) is 3. The number of aromatic nitrogens is 2. The van der Waals surface area contributed by atoms with Gasteiger partial charge in [-0.3, -0.25) is 4.57 Å². The minimum Gasteiger partial charge on any atom is -0.497 e. The highest BCUT2D eigenvalue weighted by molar-refractivity contribution is 5.49. The quantitative estimate of drug-likeness (QED) is 0.159. The fraction of sp³-hybridized carbons (Fsp3) is 0.333. The summed E-state index contributed by atoms with van der Waals surface area (Å²) >= 11 is 0. The molecule has 4 N–H and O–H groups in total. The lowest BCUT2D eigenvalue weighted by Gasteiger charge is -2.37. The van der Waals surface area contributed by atoms with Crippen LogP contribution in [0.2, 0.25) is 0 Å². The van der Waals surface area contributed by atoms with Gasteiger partial charge in [0, 0.05) is 19.2 Å². The summed E-state index contributed by atoms with van der Waals surface area (Å²) in [6, 6.07) is 27.1. The molecule has 3 aromatic carbocycles. The second-order valence-electron chi connectivity index (χ2n) is 10.3. The van der Waals surface area contributed by atoms with E-state index in [2.05, 4.69) is 10.3 Å². The molecule has 1 aliphatic rings. The Hall–Kier alpha value is -4.22. The number of nitrogens with two attached hydrogens (primary N) is 1. The first-order valence-electron chi connectivity index (χ1n) is 14.3. The van der Waals surface area contributed by atoms with Crippen LogP contribution in [0, 0.1) is 0 Å². The number of aliphatic hydroxyl groups is 1. The number of aliphatic hydroxyl groups excluding tert-OH is 1. The third kappa shape index (κ3) is 6.57. The molecule has 0 aliphatic carbocycles. The van der Waals surface area contributed by atoms with Gasteiger partial charge >= 0.3 is 5.69 Å². The predicted octanol–water partition coefficient (Wildman–Crippen LogP) is 3.68. The molecule has 0 bridgehead atoms. The van der Waals surface area contributed by atoms with Crippen LogP contribution in [0.5, 0.6) is 11.5 Å². The van der Waals surface area contributed by atoms with E-state index in [4.69, 9.17) is 24.7 Å². The summed E-state index contributed by atoms with van der Waals surface area (Å²) < 4.78 is 25.4. The van der Waals surface area contributed by atoms with Crippen molar-refractivity contribution in [3.05, 3.63) is 118 Å². The summed E-state index contributed by atoms with van der Waals surface area (Å²) in [6.45, 7) is 1.21. The number of anilines is 1. The molecular formula is C33H38N4O6. The Bertz CT molecular complexity index is 1460. The van der Waals surface area contributed by atoms with E-state index in [1.165, 1.54) is 4.57 Å². The lowest BCUT2D eigenvalue weighted by atomic mass is 9.80. The SMILES string of the molecule is COc1ccc(C(OC[C@H]2O[C@@H](n3ccc(NCCCN)nc3=O)C[C@@H]2O)(c2ccccc2)c2ccc(OC)cc2)cc1. The summed E-state index contributed by atoms with van der Waals surface area (Å²) in [5.41, 5.74) is 6.65. The Balaban J connectivity index is 1.45. The van der Waals surface area contributed by atoms with E-state index in [9.17, 15) is 9.90 Å². The van der Waals surface area contributed by atoms with Crippen molar-refractivity contribution >= 4 is 5.82 Å². The highest BCUT2D eigenvalue weighted by Gasteiger charge is 2.42. The maximum atomic E-state index is 12.8. The summed E-state index contributed by atoms with van der Waals surface area (Å²) in [5, 5.41) is 14.1. The van der Waals surface area contributed by atoms with Gasteiger partial charge in [0.25, 0.3) is 0 Å². The average Bonchev–Trinajstić information content (AvgIpc) is 3.42. The Morgan fingerprint density at radius 1 is 0.953 bits per heavy atom. The molecule has 226 valence electrons. The topological polar surface area (TPSA) is 130 Å². The first-order chi connectivity index (χ1) is 21.0. The summed E-state index contributed by atoms with van der Waals surface area (Å²) in [6.07, 6.45) is 0.373. The lowest BCUT2D eigenvalue weighted by molar-refractivity contribution is -0.0944. The van der Waals surface area contributed by atoms with Crippen molar-refractivity contribution in [2.45, 2.75) is 36.9 Å². The second-order valence-corrected chi connectivity index (χ2v) is 10.3. The van der Waals surface area contributed by atoms with Crippen LogP contribution in [0.25, 0.3) is 0 Å². The number of hydrogen-bond acceptors (Lipinski definition) is 9. The molecule has 0 radical (unpaired) electrons.